The summed E-state index contributed by atoms with van der Waals surface area (Å²) >= 11 is 5.74. The molecule has 1 aromatic rings. The van der Waals surface area contributed by atoms with Gasteiger partial charge in [0, 0.05) is 18.7 Å². The minimum atomic E-state index is -0.539. The van der Waals surface area contributed by atoms with Gasteiger partial charge in [0.15, 0.2) is 0 Å². The summed E-state index contributed by atoms with van der Waals surface area (Å²) < 4.78 is 0. The summed E-state index contributed by atoms with van der Waals surface area (Å²) in [6.45, 7) is 0.698. The summed E-state index contributed by atoms with van der Waals surface area (Å²) in [6.07, 6.45) is 9.07. The molecule has 0 saturated heterocycles. The van der Waals surface area contributed by atoms with Gasteiger partial charge in [-0.1, -0.05) is 36.9 Å². The maximum absolute atomic E-state index is 11.8. The van der Waals surface area contributed by atoms with Crippen LogP contribution in [0.15, 0.2) is 24.3 Å². The summed E-state index contributed by atoms with van der Waals surface area (Å²) in [6, 6.07) is 4.45. The van der Waals surface area contributed by atoms with Gasteiger partial charge in [-0.15, -0.1) is 0 Å². The predicted octanol–water partition coefficient (Wildman–Crippen LogP) is 3.96. The third-order valence-corrected chi connectivity index (χ3v) is 4.20. The first kappa shape index (κ1) is 16.5. The molecule has 0 radical (unpaired) electrons. The predicted molar refractivity (Wildman–Crippen MR) is 86.7 cm³/mol. The third kappa shape index (κ3) is 4.84. The van der Waals surface area contributed by atoms with Crippen LogP contribution in [0.3, 0.4) is 0 Å². The Balaban J connectivity index is 1.89. The molecule has 1 fully saturated rings. The van der Waals surface area contributed by atoms with Gasteiger partial charge < -0.3 is 5.32 Å². The van der Waals surface area contributed by atoms with Crippen LogP contribution in [0.2, 0.25) is 5.02 Å². The molecule has 1 aliphatic rings. The first-order valence-electron chi connectivity index (χ1n) is 7.46. The number of hydrogen-bond acceptors (Lipinski definition) is 3. The Morgan fingerprint density at radius 2 is 2.09 bits per heavy atom. The van der Waals surface area contributed by atoms with Crippen molar-refractivity contribution in [3.63, 3.8) is 0 Å². The molecule has 0 aliphatic heterocycles. The van der Waals surface area contributed by atoms with Crippen molar-refractivity contribution in [2.75, 3.05) is 6.54 Å². The van der Waals surface area contributed by atoms with Crippen LogP contribution in [-0.4, -0.2) is 17.4 Å². The normalized spacial score (nSPS) is 15.9. The number of nitro groups is 1. The van der Waals surface area contributed by atoms with E-state index >= 15 is 0 Å². The number of benzene rings is 1. The van der Waals surface area contributed by atoms with Crippen molar-refractivity contribution in [2.45, 2.75) is 32.1 Å². The Morgan fingerprint density at radius 1 is 1.36 bits per heavy atom. The van der Waals surface area contributed by atoms with E-state index in [9.17, 15) is 14.9 Å². The molecule has 1 amide bonds. The molecule has 0 unspecified atom stereocenters. The summed E-state index contributed by atoms with van der Waals surface area (Å²) in [5, 5.41) is 13.8. The van der Waals surface area contributed by atoms with Crippen LogP contribution in [0.25, 0.3) is 6.08 Å². The van der Waals surface area contributed by atoms with Gasteiger partial charge in [-0.2, -0.15) is 0 Å². The van der Waals surface area contributed by atoms with Gasteiger partial charge in [0.2, 0.25) is 5.91 Å². The van der Waals surface area contributed by atoms with Crippen molar-refractivity contribution in [2.24, 2.45) is 5.92 Å². The zero-order chi connectivity index (χ0) is 15.9. The molecular formula is C16H19ClN2O3. The van der Waals surface area contributed by atoms with Crippen molar-refractivity contribution in [1.29, 1.82) is 0 Å². The largest absolute Gasteiger partial charge is 0.352 e. The Hall–Kier alpha value is -1.88. The molecule has 6 heteroatoms. The molecule has 1 N–H and O–H groups in total. The van der Waals surface area contributed by atoms with Crippen molar-refractivity contribution in [1.82, 2.24) is 5.32 Å². The second-order valence-corrected chi connectivity index (χ2v) is 5.96. The number of nitro benzene ring substituents is 1. The molecule has 0 bridgehead atoms. The monoisotopic (exact) mass is 322 g/mol. The van der Waals surface area contributed by atoms with E-state index in [-0.39, 0.29) is 16.6 Å². The fourth-order valence-electron chi connectivity index (χ4n) is 2.64. The van der Waals surface area contributed by atoms with Crippen LogP contribution in [0.5, 0.6) is 0 Å². The quantitative estimate of drug-likeness (QED) is 0.506. The Kier molecular flexibility index (Phi) is 5.95. The van der Waals surface area contributed by atoms with Crippen LogP contribution < -0.4 is 5.32 Å². The van der Waals surface area contributed by atoms with Crippen molar-refractivity contribution in [3.05, 3.63) is 45.0 Å². The first-order chi connectivity index (χ1) is 10.6. The van der Waals surface area contributed by atoms with Gasteiger partial charge >= 0.3 is 0 Å². The highest BCUT2D eigenvalue weighted by Crippen LogP contribution is 2.25. The van der Waals surface area contributed by atoms with E-state index in [1.807, 2.05) is 0 Å². The van der Waals surface area contributed by atoms with Gasteiger partial charge in [-0.25, -0.2) is 0 Å². The van der Waals surface area contributed by atoms with E-state index in [2.05, 4.69) is 5.32 Å². The lowest BCUT2D eigenvalue weighted by Crippen LogP contribution is -2.28. The molecule has 118 valence electrons. The molecule has 22 heavy (non-hydrogen) atoms. The fourth-order valence-corrected chi connectivity index (χ4v) is 2.83. The number of rotatable bonds is 5. The van der Waals surface area contributed by atoms with E-state index in [1.165, 1.54) is 50.3 Å². The summed E-state index contributed by atoms with van der Waals surface area (Å²) in [5.41, 5.74) is 0.412. The summed E-state index contributed by atoms with van der Waals surface area (Å²) in [7, 11) is 0. The maximum Gasteiger partial charge on any atom is 0.288 e. The molecule has 1 aliphatic carbocycles. The number of hydrogen-bond donors (Lipinski definition) is 1. The lowest BCUT2D eigenvalue weighted by molar-refractivity contribution is -0.384. The number of amides is 1. The molecule has 1 saturated carbocycles. The Bertz CT molecular complexity index is 581. The molecule has 0 atom stereocenters. The first-order valence-corrected chi connectivity index (χ1v) is 7.84. The van der Waals surface area contributed by atoms with Crippen LogP contribution in [0.1, 0.15) is 37.7 Å². The van der Waals surface area contributed by atoms with Crippen LogP contribution in [0.4, 0.5) is 5.69 Å². The van der Waals surface area contributed by atoms with Gasteiger partial charge in [0.05, 0.1) is 4.92 Å². The highest BCUT2D eigenvalue weighted by molar-refractivity contribution is 6.32. The second kappa shape index (κ2) is 7.94. The third-order valence-electron chi connectivity index (χ3n) is 3.88. The number of nitrogens with zero attached hydrogens (tertiary/aromatic N) is 1. The number of carbonyl (C=O) groups excluding carboxylic acids is 1. The van der Waals surface area contributed by atoms with E-state index in [1.54, 1.807) is 12.1 Å². The number of carbonyl (C=O) groups is 1. The van der Waals surface area contributed by atoms with Crippen molar-refractivity contribution >= 4 is 29.3 Å². The van der Waals surface area contributed by atoms with E-state index in [0.717, 1.165) is 0 Å². The molecule has 5 nitrogen and oxygen atoms in total. The molecular weight excluding hydrogens is 304 g/mol. The zero-order valence-corrected chi connectivity index (χ0v) is 13.0. The van der Waals surface area contributed by atoms with Crippen LogP contribution in [-0.2, 0) is 4.79 Å². The zero-order valence-electron chi connectivity index (χ0n) is 12.3. The molecule has 0 heterocycles. The van der Waals surface area contributed by atoms with Crippen molar-refractivity contribution < 1.29 is 9.72 Å². The lowest BCUT2D eigenvalue weighted by Gasteiger charge is -2.21. The highest BCUT2D eigenvalue weighted by atomic mass is 35.5. The van der Waals surface area contributed by atoms with Gasteiger partial charge in [0.25, 0.3) is 5.69 Å². The average molecular weight is 323 g/mol. The minimum Gasteiger partial charge on any atom is -0.352 e. The highest BCUT2D eigenvalue weighted by Gasteiger charge is 2.14. The SMILES string of the molecule is O=C(/C=C/c1ccc(Cl)c([N+](=O)[O-])c1)NCC1CCCCC1. The minimum absolute atomic E-state index is 0.0869. The maximum atomic E-state index is 11.8. The topological polar surface area (TPSA) is 72.2 Å². The fraction of sp³-hybridized carbons (Fsp3) is 0.438. The molecule has 0 spiro atoms. The summed E-state index contributed by atoms with van der Waals surface area (Å²) in [4.78, 5) is 22.1. The van der Waals surface area contributed by atoms with E-state index in [4.69, 9.17) is 11.6 Å². The molecule has 2 rings (SSSR count). The number of nitrogens with one attached hydrogen (secondary N) is 1. The van der Waals surface area contributed by atoms with E-state index in [0.29, 0.717) is 18.0 Å². The molecule has 0 aromatic heterocycles. The average Bonchev–Trinajstić information content (AvgIpc) is 2.53. The molecule has 1 aromatic carbocycles. The van der Waals surface area contributed by atoms with E-state index < -0.39 is 4.92 Å². The van der Waals surface area contributed by atoms with Crippen LogP contribution >= 0.6 is 11.6 Å². The Labute approximate surface area is 134 Å². The van der Waals surface area contributed by atoms with Crippen molar-refractivity contribution in [3.8, 4) is 0 Å². The van der Waals surface area contributed by atoms with Gasteiger partial charge in [0.1, 0.15) is 5.02 Å². The summed E-state index contributed by atoms with van der Waals surface area (Å²) in [5.74, 6) is 0.394. The van der Waals surface area contributed by atoms with Gasteiger partial charge in [-0.05, 0) is 36.5 Å². The van der Waals surface area contributed by atoms with Crippen LogP contribution in [0, 0.1) is 16.0 Å². The smallest absolute Gasteiger partial charge is 0.288 e. The van der Waals surface area contributed by atoms with Gasteiger partial charge in [-0.3, -0.25) is 14.9 Å². The Morgan fingerprint density at radius 3 is 2.77 bits per heavy atom. The standard InChI is InChI=1S/C16H19ClN2O3/c17-14-8-6-12(10-15(14)19(21)22)7-9-16(20)18-11-13-4-2-1-3-5-13/h6-10,13H,1-5,11H2,(H,18,20)/b9-7+. The number of halogens is 1. The second-order valence-electron chi connectivity index (χ2n) is 5.55. The lowest BCUT2D eigenvalue weighted by atomic mass is 9.89.